The maximum Gasteiger partial charge on any atom is 0.253 e. The minimum absolute atomic E-state index is 0.0448. The van der Waals surface area contributed by atoms with Gasteiger partial charge in [0, 0.05) is 62.5 Å². The number of piperidine rings is 1. The van der Waals surface area contributed by atoms with Gasteiger partial charge >= 0.3 is 0 Å². The first-order valence-corrected chi connectivity index (χ1v) is 11.5. The molecule has 33 heavy (non-hydrogen) atoms. The van der Waals surface area contributed by atoms with Gasteiger partial charge in [-0.15, -0.1) is 0 Å². The second-order valence-corrected chi connectivity index (χ2v) is 8.78. The van der Waals surface area contributed by atoms with E-state index in [1.165, 1.54) is 24.3 Å². The van der Waals surface area contributed by atoms with Crippen molar-refractivity contribution in [2.24, 2.45) is 5.92 Å². The molecule has 0 spiro atoms. The second kappa shape index (κ2) is 10.3. The Balaban J connectivity index is 1.37. The summed E-state index contributed by atoms with van der Waals surface area (Å²) >= 11 is 0. The van der Waals surface area contributed by atoms with Crippen LogP contribution in [0.1, 0.15) is 52.0 Å². The van der Waals surface area contributed by atoms with E-state index in [9.17, 15) is 14.0 Å². The molecule has 0 unspecified atom stereocenters. The van der Waals surface area contributed by atoms with Crippen molar-refractivity contribution < 1.29 is 18.7 Å². The molecule has 0 atom stereocenters. The zero-order valence-electron chi connectivity index (χ0n) is 19.2. The van der Waals surface area contributed by atoms with Crippen molar-refractivity contribution >= 4 is 22.6 Å². The van der Waals surface area contributed by atoms with Crippen LogP contribution in [0.3, 0.4) is 0 Å². The lowest BCUT2D eigenvalue weighted by Crippen LogP contribution is -2.39. The predicted molar refractivity (Wildman–Crippen MR) is 125 cm³/mol. The Hall–Kier alpha value is -3.06. The summed E-state index contributed by atoms with van der Waals surface area (Å²) < 4.78 is 20.1. The molecule has 4 rings (SSSR count). The van der Waals surface area contributed by atoms with Crippen LogP contribution < -0.4 is 0 Å². The van der Waals surface area contributed by atoms with E-state index in [1.54, 1.807) is 7.11 Å². The number of fused-ring (bicyclic) bond motifs is 1. The lowest BCUT2D eigenvalue weighted by atomic mass is 9.96. The first kappa shape index (κ1) is 23.1. The van der Waals surface area contributed by atoms with Gasteiger partial charge in [0.15, 0.2) is 5.78 Å². The number of methoxy groups -OCH3 is 1. The maximum absolute atomic E-state index is 13.1. The normalized spacial score (nSPS) is 14.7. The average molecular weight is 452 g/mol. The van der Waals surface area contributed by atoms with Gasteiger partial charge in [-0.1, -0.05) is 0 Å². The Labute approximate surface area is 193 Å². The van der Waals surface area contributed by atoms with Gasteiger partial charge in [-0.25, -0.2) is 4.39 Å². The molecule has 0 aliphatic carbocycles. The van der Waals surface area contributed by atoms with E-state index in [0.717, 1.165) is 41.4 Å². The predicted octanol–water partition coefficient (Wildman–Crippen LogP) is 4.65. The standard InChI is InChI=1S/C26H30FN3O3/c1-18-22(25(31)4-3-15-33-2)9-10-24-23(18)17-30(28-24)16-19-11-13-29(14-12-19)26(32)20-5-7-21(27)8-6-20/h5-10,17,19H,3-4,11-16H2,1-2H3. The zero-order valence-corrected chi connectivity index (χ0v) is 19.2. The van der Waals surface area contributed by atoms with Crippen LogP contribution in [0.25, 0.3) is 10.9 Å². The summed E-state index contributed by atoms with van der Waals surface area (Å²) in [5.74, 6) is 0.177. The van der Waals surface area contributed by atoms with Crippen LogP contribution in [0.5, 0.6) is 0 Å². The van der Waals surface area contributed by atoms with Crippen LogP contribution >= 0.6 is 0 Å². The van der Waals surface area contributed by atoms with Crippen molar-refractivity contribution in [3.8, 4) is 0 Å². The van der Waals surface area contributed by atoms with E-state index in [1.807, 2.05) is 34.8 Å². The van der Waals surface area contributed by atoms with Crippen LogP contribution in [-0.2, 0) is 11.3 Å². The monoisotopic (exact) mass is 451 g/mol. The van der Waals surface area contributed by atoms with Gasteiger partial charge in [0.25, 0.3) is 5.91 Å². The summed E-state index contributed by atoms with van der Waals surface area (Å²) in [6, 6.07) is 9.53. The molecule has 0 saturated carbocycles. The minimum Gasteiger partial charge on any atom is -0.385 e. The molecule has 7 heteroatoms. The number of halogens is 1. The molecular formula is C26H30FN3O3. The van der Waals surface area contributed by atoms with Crippen molar-refractivity contribution in [1.82, 2.24) is 14.7 Å². The highest BCUT2D eigenvalue weighted by Gasteiger charge is 2.24. The van der Waals surface area contributed by atoms with Crippen LogP contribution in [0.4, 0.5) is 4.39 Å². The van der Waals surface area contributed by atoms with Crippen LogP contribution in [0.15, 0.2) is 42.6 Å². The van der Waals surface area contributed by atoms with Crippen molar-refractivity contribution in [3.63, 3.8) is 0 Å². The number of carbonyl (C=O) groups is 2. The van der Waals surface area contributed by atoms with Gasteiger partial charge < -0.3 is 9.64 Å². The van der Waals surface area contributed by atoms with Gasteiger partial charge in [-0.05, 0) is 74.1 Å². The number of rotatable bonds is 8. The molecule has 3 aromatic rings. The number of Topliss-reactive ketones (excluding diaryl/α,β-unsaturated/α-hetero) is 1. The third-order valence-electron chi connectivity index (χ3n) is 6.50. The smallest absolute Gasteiger partial charge is 0.253 e. The number of aryl methyl sites for hydroxylation is 1. The molecule has 0 N–H and O–H groups in total. The van der Waals surface area contributed by atoms with E-state index in [2.05, 4.69) is 0 Å². The van der Waals surface area contributed by atoms with Gasteiger partial charge in [-0.2, -0.15) is 5.10 Å². The second-order valence-electron chi connectivity index (χ2n) is 8.78. The molecule has 1 aromatic heterocycles. The van der Waals surface area contributed by atoms with Crippen LogP contribution in [0, 0.1) is 18.7 Å². The minimum atomic E-state index is -0.338. The zero-order chi connectivity index (χ0) is 23.4. The fourth-order valence-corrected chi connectivity index (χ4v) is 4.55. The highest BCUT2D eigenvalue weighted by molar-refractivity contribution is 6.01. The molecule has 1 fully saturated rings. The largest absolute Gasteiger partial charge is 0.385 e. The topological polar surface area (TPSA) is 64.4 Å². The number of aromatic nitrogens is 2. The third kappa shape index (κ3) is 5.30. The maximum atomic E-state index is 13.1. The van der Waals surface area contributed by atoms with Gasteiger partial charge in [0.2, 0.25) is 0 Å². The first-order chi connectivity index (χ1) is 16.0. The number of likely N-dealkylation sites (tertiary alicyclic amines) is 1. The van der Waals surface area contributed by atoms with E-state index in [-0.39, 0.29) is 17.5 Å². The van der Waals surface area contributed by atoms with Crippen LogP contribution in [0.2, 0.25) is 0 Å². The van der Waals surface area contributed by atoms with Crippen molar-refractivity contribution in [2.75, 3.05) is 26.8 Å². The molecule has 174 valence electrons. The van der Waals surface area contributed by atoms with Gasteiger partial charge in [0.1, 0.15) is 5.82 Å². The number of ketones is 1. The fourth-order valence-electron chi connectivity index (χ4n) is 4.55. The van der Waals surface area contributed by atoms with E-state index in [4.69, 9.17) is 9.84 Å². The Morgan fingerprint density at radius 1 is 1.12 bits per heavy atom. The van der Waals surface area contributed by atoms with E-state index in [0.29, 0.717) is 44.0 Å². The summed E-state index contributed by atoms with van der Waals surface area (Å²) in [6.45, 7) is 4.71. The SMILES string of the molecule is COCCCC(=O)c1ccc2nn(CC3CCN(C(=O)c4ccc(F)cc4)CC3)cc2c1C. The molecule has 0 radical (unpaired) electrons. The molecule has 1 aliphatic rings. The molecule has 6 nitrogen and oxygen atoms in total. The average Bonchev–Trinajstić information content (AvgIpc) is 3.23. The lowest BCUT2D eigenvalue weighted by Gasteiger charge is -2.32. The summed E-state index contributed by atoms with van der Waals surface area (Å²) in [5, 5.41) is 5.73. The number of amides is 1. The number of carbonyl (C=O) groups excluding carboxylic acids is 2. The first-order valence-electron chi connectivity index (χ1n) is 11.5. The number of ether oxygens (including phenoxy) is 1. The Kier molecular flexibility index (Phi) is 7.18. The summed E-state index contributed by atoms with van der Waals surface area (Å²) in [4.78, 5) is 27.1. The van der Waals surface area contributed by atoms with Crippen molar-refractivity contribution in [2.45, 2.75) is 39.2 Å². The molecule has 2 heterocycles. The Morgan fingerprint density at radius 2 is 1.85 bits per heavy atom. The number of hydrogen-bond donors (Lipinski definition) is 0. The Bertz CT molecular complexity index is 1130. The fraction of sp³-hybridized carbons (Fsp3) is 0.423. The molecule has 1 saturated heterocycles. The van der Waals surface area contributed by atoms with Gasteiger partial charge in [0.05, 0.1) is 5.52 Å². The molecule has 2 aromatic carbocycles. The highest BCUT2D eigenvalue weighted by atomic mass is 19.1. The Morgan fingerprint density at radius 3 is 2.55 bits per heavy atom. The van der Waals surface area contributed by atoms with Crippen molar-refractivity contribution in [3.05, 3.63) is 65.1 Å². The lowest BCUT2D eigenvalue weighted by molar-refractivity contribution is 0.0681. The number of hydrogen-bond acceptors (Lipinski definition) is 4. The summed E-state index contributed by atoms with van der Waals surface area (Å²) in [5.41, 5.74) is 3.15. The van der Waals surface area contributed by atoms with Gasteiger partial charge in [-0.3, -0.25) is 14.3 Å². The molecule has 1 aliphatic heterocycles. The van der Waals surface area contributed by atoms with Crippen LogP contribution in [-0.4, -0.2) is 53.2 Å². The summed E-state index contributed by atoms with van der Waals surface area (Å²) in [7, 11) is 1.64. The molecular weight excluding hydrogens is 421 g/mol. The van der Waals surface area contributed by atoms with E-state index < -0.39 is 0 Å². The number of nitrogens with zero attached hydrogens (tertiary/aromatic N) is 3. The molecule has 0 bridgehead atoms. The van der Waals surface area contributed by atoms with Crippen molar-refractivity contribution in [1.29, 1.82) is 0 Å². The van der Waals surface area contributed by atoms with E-state index >= 15 is 0 Å². The number of benzene rings is 2. The third-order valence-corrected chi connectivity index (χ3v) is 6.50. The molecule has 1 amide bonds. The highest BCUT2D eigenvalue weighted by Crippen LogP contribution is 2.25. The summed E-state index contributed by atoms with van der Waals surface area (Å²) in [6.07, 6.45) is 5.02. The quantitative estimate of drug-likeness (QED) is 0.370.